The molecule has 2 saturated heterocycles. The SMILES string of the molecule is Cc1cc(N(C2CC2)C2CCN(C3CCCN(C)C3=O)CC2)ncn1. The number of amides is 1. The minimum atomic E-state index is 0.107. The Morgan fingerprint density at radius 3 is 2.44 bits per heavy atom. The Labute approximate surface area is 150 Å². The lowest BCUT2D eigenvalue weighted by molar-refractivity contribution is -0.139. The highest BCUT2D eigenvalue weighted by atomic mass is 16.2. The molecule has 0 N–H and O–H groups in total. The molecule has 1 aromatic heterocycles. The lowest BCUT2D eigenvalue weighted by atomic mass is 9.97. The molecule has 1 aliphatic carbocycles. The van der Waals surface area contributed by atoms with E-state index in [9.17, 15) is 4.79 Å². The first-order valence-corrected chi connectivity index (χ1v) is 9.69. The molecule has 6 heteroatoms. The molecule has 6 nitrogen and oxygen atoms in total. The van der Waals surface area contributed by atoms with Gasteiger partial charge in [-0.1, -0.05) is 0 Å². The van der Waals surface area contributed by atoms with Gasteiger partial charge in [0.05, 0.1) is 6.04 Å². The lowest BCUT2D eigenvalue weighted by Gasteiger charge is -2.43. The van der Waals surface area contributed by atoms with Crippen LogP contribution in [0.1, 0.15) is 44.2 Å². The second-order valence-corrected chi connectivity index (χ2v) is 7.84. The monoisotopic (exact) mass is 343 g/mol. The molecule has 1 amide bonds. The summed E-state index contributed by atoms with van der Waals surface area (Å²) < 4.78 is 0. The molecule has 2 aliphatic heterocycles. The molecule has 0 aromatic carbocycles. The lowest BCUT2D eigenvalue weighted by Crippen LogP contribution is -2.55. The average Bonchev–Trinajstić information content (AvgIpc) is 3.43. The summed E-state index contributed by atoms with van der Waals surface area (Å²) in [7, 11) is 1.94. The Bertz CT molecular complexity index is 624. The van der Waals surface area contributed by atoms with Crippen LogP contribution in [0.5, 0.6) is 0 Å². The minimum Gasteiger partial charge on any atom is -0.350 e. The van der Waals surface area contributed by atoms with Gasteiger partial charge in [-0.3, -0.25) is 9.69 Å². The van der Waals surface area contributed by atoms with Gasteiger partial charge in [-0.05, 0) is 45.4 Å². The van der Waals surface area contributed by atoms with Crippen molar-refractivity contribution in [1.29, 1.82) is 0 Å². The van der Waals surface area contributed by atoms with Crippen LogP contribution in [0.2, 0.25) is 0 Å². The van der Waals surface area contributed by atoms with Crippen LogP contribution >= 0.6 is 0 Å². The zero-order valence-corrected chi connectivity index (χ0v) is 15.4. The van der Waals surface area contributed by atoms with Crippen LogP contribution in [0.4, 0.5) is 5.82 Å². The highest BCUT2D eigenvalue weighted by Gasteiger charge is 2.39. The standard InChI is InChI=1S/C19H29N5O/c1-14-12-18(21-13-20-14)24(15-5-6-15)16-7-10-23(11-8-16)17-4-3-9-22(2)19(17)25/h12-13,15-17H,3-11H2,1-2H3. The first-order chi connectivity index (χ1) is 12.1. The maximum atomic E-state index is 12.5. The third kappa shape index (κ3) is 3.50. The van der Waals surface area contributed by atoms with Crippen molar-refractivity contribution in [3.63, 3.8) is 0 Å². The molecule has 1 unspecified atom stereocenters. The highest BCUT2D eigenvalue weighted by molar-refractivity contribution is 5.82. The molecular formula is C19H29N5O. The average molecular weight is 343 g/mol. The van der Waals surface area contributed by atoms with Gasteiger partial charge in [-0.2, -0.15) is 0 Å². The highest BCUT2D eigenvalue weighted by Crippen LogP contribution is 2.35. The van der Waals surface area contributed by atoms with Crippen molar-refractivity contribution < 1.29 is 4.79 Å². The van der Waals surface area contributed by atoms with Crippen molar-refractivity contribution in [2.45, 2.75) is 63.6 Å². The van der Waals surface area contributed by atoms with Crippen LogP contribution in [0.25, 0.3) is 0 Å². The number of aromatic nitrogens is 2. The summed E-state index contributed by atoms with van der Waals surface area (Å²) in [6.07, 6.45) is 8.61. The van der Waals surface area contributed by atoms with E-state index in [2.05, 4.69) is 25.8 Å². The third-order valence-corrected chi connectivity index (χ3v) is 5.96. The molecule has 3 fully saturated rings. The normalized spacial score (nSPS) is 26.1. The molecule has 1 atom stereocenters. The molecule has 1 aromatic rings. The second-order valence-electron chi connectivity index (χ2n) is 7.84. The van der Waals surface area contributed by atoms with Crippen molar-refractivity contribution in [2.24, 2.45) is 0 Å². The van der Waals surface area contributed by atoms with E-state index in [4.69, 9.17) is 0 Å². The van der Waals surface area contributed by atoms with E-state index in [0.29, 0.717) is 18.0 Å². The number of piperidine rings is 2. The van der Waals surface area contributed by atoms with Gasteiger partial charge in [0.15, 0.2) is 0 Å². The van der Waals surface area contributed by atoms with E-state index in [1.54, 1.807) is 6.33 Å². The van der Waals surface area contributed by atoms with Crippen molar-refractivity contribution in [3.8, 4) is 0 Å². The van der Waals surface area contributed by atoms with E-state index in [-0.39, 0.29) is 6.04 Å². The van der Waals surface area contributed by atoms with Crippen LogP contribution in [-0.2, 0) is 4.79 Å². The Hall–Kier alpha value is -1.69. The summed E-state index contributed by atoms with van der Waals surface area (Å²) in [6, 6.07) is 3.41. The Balaban J connectivity index is 1.42. The van der Waals surface area contributed by atoms with Crippen molar-refractivity contribution in [3.05, 3.63) is 18.1 Å². The van der Waals surface area contributed by atoms with E-state index >= 15 is 0 Å². The van der Waals surface area contributed by atoms with Gasteiger partial charge in [-0.25, -0.2) is 9.97 Å². The van der Waals surface area contributed by atoms with E-state index in [1.165, 1.54) is 12.8 Å². The fourth-order valence-electron chi connectivity index (χ4n) is 4.43. The van der Waals surface area contributed by atoms with Crippen LogP contribution in [0.3, 0.4) is 0 Å². The summed E-state index contributed by atoms with van der Waals surface area (Å²) in [6.45, 7) is 4.97. The fourth-order valence-corrected chi connectivity index (χ4v) is 4.43. The van der Waals surface area contributed by atoms with Crippen molar-refractivity contribution in [1.82, 2.24) is 19.8 Å². The minimum absolute atomic E-state index is 0.107. The summed E-state index contributed by atoms with van der Waals surface area (Å²) in [5, 5.41) is 0. The summed E-state index contributed by atoms with van der Waals surface area (Å²) in [5.41, 5.74) is 1.03. The largest absolute Gasteiger partial charge is 0.350 e. The van der Waals surface area contributed by atoms with Gasteiger partial charge >= 0.3 is 0 Å². The van der Waals surface area contributed by atoms with Crippen molar-refractivity contribution in [2.75, 3.05) is 31.6 Å². The second kappa shape index (κ2) is 6.90. The number of rotatable bonds is 4. The van der Waals surface area contributed by atoms with E-state index in [0.717, 1.165) is 56.8 Å². The molecular weight excluding hydrogens is 314 g/mol. The molecule has 0 radical (unpaired) electrons. The number of carbonyl (C=O) groups is 1. The smallest absolute Gasteiger partial charge is 0.239 e. The Kier molecular flexibility index (Phi) is 4.63. The molecule has 0 spiro atoms. The number of carbonyl (C=O) groups excluding carboxylic acids is 1. The third-order valence-electron chi connectivity index (χ3n) is 5.96. The molecule has 25 heavy (non-hydrogen) atoms. The number of likely N-dealkylation sites (tertiary alicyclic amines) is 2. The fraction of sp³-hybridized carbons (Fsp3) is 0.737. The number of aryl methyl sites for hydroxylation is 1. The van der Waals surface area contributed by atoms with Gasteiger partial charge in [0.25, 0.3) is 0 Å². The van der Waals surface area contributed by atoms with Gasteiger partial charge in [-0.15, -0.1) is 0 Å². The summed E-state index contributed by atoms with van der Waals surface area (Å²) in [5.74, 6) is 1.40. The maximum Gasteiger partial charge on any atom is 0.239 e. The first-order valence-electron chi connectivity index (χ1n) is 9.69. The summed E-state index contributed by atoms with van der Waals surface area (Å²) in [4.78, 5) is 28.1. The molecule has 3 heterocycles. The quantitative estimate of drug-likeness (QED) is 0.835. The zero-order valence-electron chi connectivity index (χ0n) is 15.4. The number of nitrogens with zero attached hydrogens (tertiary/aromatic N) is 5. The van der Waals surface area contributed by atoms with Crippen LogP contribution in [0, 0.1) is 6.92 Å². The Morgan fingerprint density at radius 1 is 1.04 bits per heavy atom. The molecule has 136 valence electrons. The van der Waals surface area contributed by atoms with E-state index in [1.807, 2.05) is 18.9 Å². The van der Waals surface area contributed by atoms with Crippen LogP contribution in [-0.4, -0.2) is 70.5 Å². The number of hydrogen-bond acceptors (Lipinski definition) is 5. The molecule has 4 rings (SSSR count). The first kappa shape index (κ1) is 16.8. The van der Waals surface area contributed by atoms with Crippen LogP contribution < -0.4 is 4.90 Å². The maximum absolute atomic E-state index is 12.5. The van der Waals surface area contributed by atoms with Gasteiger partial charge < -0.3 is 9.80 Å². The van der Waals surface area contributed by atoms with Crippen LogP contribution in [0.15, 0.2) is 12.4 Å². The predicted molar refractivity (Wildman–Crippen MR) is 97.5 cm³/mol. The molecule has 1 saturated carbocycles. The zero-order chi connectivity index (χ0) is 17.4. The topological polar surface area (TPSA) is 52.6 Å². The molecule has 3 aliphatic rings. The predicted octanol–water partition coefficient (Wildman–Crippen LogP) is 1.84. The van der Waals surface area contributed by atoms with Crippen molar-refractivity contribution >= 4 is 11.7 Å². The number of hydrogen-bond donors (Lipinski definition) is 0. The van der Waals surface area contributed by atoms with Gasteiger partial charge in [0.2, 0.25) is 5.91 Å². The molecule has 0 bridgehead atoms. The number of anilines is 1. The van der Waals surface area contributed by atoms with E-state index < -0.39 is 0 Å². The number of likely N-dealkylation sites (N-methyl/N-ethyl adjacent to an activating group) is 1. The van der Waals surface area contributed by atoms with Gasteiger partial charge in [0.1, 0.15) is 12.1 Å². The summed E-state index contributed by atoms with van der Waals surface area (Å²) >= 11 is 0. The van der Waals surface area contributed by atoms with Gasteiger partial charge in [0, 0.05) is 50.5 Å². The Morgan fingerprint density at radius 2 is 1.76 bits per heavy atom.